The maximum Gasteiger partial charge on any atom is 0.261 e. The summed E-state index contributed by atoms with van der Waals surface area (Å²) in [5.74, 6) is 0.801. The Morgan fingerprint density at radius 2 is 2.24 bits per heavy atom. The van der Waals surface area contributed by atoms with Gasteiger partial charge in [0.2, 0.25) is 0 Å². The van der Waals surface area contributed by atoms with Crippen molar-refractivity contribution in [3.05, 3.63) is 59.3 Å². The Hall–Kier alpha value is -2.82. The van der Waals surface area contributed by atoms with E-state index in [9.17, 15) is 4.79 Å². The number of benzene rings is 2. The van der Waals surface area contributed by atoms with Crippen LogP contribution in [0.4, 0.5) is 0 Å². The number of aromatic nitrogens is 2. The summed E-state index contributed by atoms with van der Waals surface area (Å²) >= 11 is 0. The monoisotopic (exact) mass is 335 g/mol. The van der Waals surface area contributed by atoms with Crippen molar-refractivity contribution in [1.82, 2.24) is 15.5 Å². The summed E-state index contributed by atoms with van der Waals surface area (Å²) in [5, 5.41) is 11.1. The lowest BCUT2D eigenvalue weighted by Gasteiger charge is -2.25. The van der Waals surface area contributed by atoms with Crippen LogP contribution in [0.2, 0.25) is 0 Å². The lowest BCUT2D eigenvalue weighted by Crippen LogP contribution is -2.41. The maximum absolute atomic E-state index is 12.4. The van der Waals surface area contributed by atoms with Gasteiger partial charge in [0.1, 0.15) is 5.75 Å². The van der Waals surface area contributed by atoms with Crippen molar-refractivity contribution in [3.63, 3.8) is 0 Å². The molecule has 1 unspecified atom stereocenters. The number of hydrogen-bond donors (Lipinski definition) is 2. The molecule has 0 fully saturated rings. The zero-order valence-electron chi connectivity index (χ0n) is 14.2. The Morgan fingerprint density at radius 1 is 1.32 bits per heavy atom. The maximum atomic E-state index is 12.4. The van der Waals surface area contributed by atoms with Crippen molar-refractivity contribution in [3.8, 4) is 5.75 Å². The number of carbonyl (C=O) groups is 1. The molecule has 1 aliphatic rings. The molecule has 5 nitrogen and oxygen atoms in total. The number of aryl methyl sites for hydroxylation is 2. The first-order valence-electron chi connectivity index (χ1n) is 8.65. The number of fused-ring (bicyclic) bond motifs is 2. The van der Waals surface area contributed by atoms with Gasteiger partial charge in [0, 0.05) is 11.9 Å². The van der Waals surface area contributed by atoms with Gasteiger partial charge in [0.25, 0.3) is 5.91 Å². The predicted octanol–water partition coefficient (Wildman–Crippen LogP) is 2.92. The second-order valence-electron chi connectivity index (χ2n) is 6.59. The largest absolute Gasteiger partial charge is 0.480 e. The number of amides is 1. The second kappa shape index (κ2) is 6.59. The predicted molar refractivity (Wildman–Crippen MR) is 96.7 cm³/mol. The highest BCUT2D eigenvalue weighted by atomic mass is 16.5. The molecule has 1 aromatic heterocycles. The van der Waals surface area contributed by atoms with Gasteiger partial charge >= 0.3 is 0 Å². The van der Waals surface area contributed by atoms with E-state index in [0.717, 1.165) is 35.9 Å². The number of nitrogens with one attached hydrogen (secondary N) is 2. The van der Waals surface area contributed by atoms with Crippen molar-refractivity contribution in [2.24, 2.45) is 0 Å². The third-order valence-electron chi connectivity index (χ3n) is 4.67. The van der Waals surface area contributed by atoms with Crippen LogP contribution in [0.25, 0.3) is 10.9 Å². The van der Waals surface area contributed by atoms with E-state index < -0.39 is 6.10 Å². The zero-order valence-corrected chi connectivity index (χ0v) is 14.2. The van der Waals surface area contributed by atoms with Crippen molar-refractivity contribution in [1.29, 1.82) is 0 Å². The Bertz CT molecular complexity index is 916. The molecule has 4 rings (SSSR count). The molecule has 0 radical (unpaired) electrons. The molecular weight excluding hydrogens is 314 g/mol. The highest BCUT2D eigenvalue weighted by molar-refractivity contribution is 5.81. The molecule has 25 heavy (non-hydrogen) atoms. The van der Waals surface area contributed by atoms with Gasteiger partial charge in [-0.15, -0.1) is 0 Å². The summed E-state index contributed by atoms with van der Waals surface area (Å²) in [4.78, 5) is 12.4. The van der Waals surface area contributed by atoms with Crippen molar-refractivity contribution >= 4 is 16.8 Å². The van der Waals surface area contributed by atoms with Gasteiger partial charge in [-0.25, -0.2) is 0 Å². The fraction of sp³-hybridized carbons (Fsp3) is 0.300. The van der Waals surface area contributed by atoms with E-state index in [-0.39, 0.29) is 5.91 Å². The van der Waals surface area contributed by atoms with E-state index in [4.69, 9.17) is 4.74 Å². The van der Waals surface area contributed by atoms with E-state index in [0.29, 0.717) is 6.54 Å². The number of nitrogens with zero attached hydrogens (tertiary/aromatic N) is 1. The summed E-state index contributed by atoms with van der Waals surface area (Å²) in [6.45, 7) is 2.67. The minimum absolute atomic E-state index is 0.0335. The molecular formula is C20H21N3O2. The van der Waals surface area contributed by atoms with Crippen LogP contribution < -0.4 is 10.1 Å². The average Bonchev–Trinajstić information content (AvgIpc) is 3.09. The fourth-order valence-electron chi connectivity index (χ4n) is 3.29. The first-order chi connectivity index (χ1) is 12.2. The Balaban J connectivity index is 1.32. The number of rotatable bonds is 4. The molecule has 0 saturated carbocycles. The molecule has 0 aliphatic carbocycles. The number of hydrogen-bond acceptors (Lipinski definition) is 3. The van der Waals surface area contributed by atoms with Gasteiger partial charge in [-0.2, -0.15) is 5.10 Å². The van der Waals surface area contributed by atoms with Gasteiger partial charge in [-0.1, -0.05) is 29.8 Å². The Morgan fingerprint density at radius 3 is 3.16 bits per heavy atom. The quantitative estimate of drug-likeness (QED) is 0.770. The summed E-state index contributed by atoms with van der Waals surface area (Å²) in [6, 6.07) is 12.3. The van der Waals surface area contributed by atoms with Crippen molar-refractivity contribution in [2.75, 3.05) is 6.54 Å². The first-order valence-corrected chi connectivity index (χ1v) is 8.65. The molecule has 1 atom stereocenters. The average molecular weight is 335 g/mol. The number of ether oxygens (including phenoxy) is 1. The van der Waals surface area contributed by atoms with Crippen LogP contribution in [0.3, 0.4) is 0 Å². The minimum atomic E-state index is -0.398. The molecule has 2 heterocycles. The van der Waals surface area contributed by atoms with Crippen molar-refractivity contribution in [2.45, 2.75) is 32.3 Å². The minimum Gasteiger partial charge on any atom is -0.480 e. The fourth-order valence-corrected chi connectivity index (χ4v) is 3.29. The van der Waals surface area contributed by atoms with E-state index in [1.54, 1.807) is 6.20 Å². The molecule has 0 bridgehead atoms. The summed E-state index contributed by atoms with van der Waals surface area (Å²) < 4.78 is 5.87. The number of aromatic amines is 1. The van der Waals surface area contributed by atoms with Gasteiger partial charge in [-0.3, -0.25) is 9.89 Å². The van der Waals surface area contributed by atoms with E-state index >= 15 is 0 Å². The standard InChI is InChI=1S/C20H21N3O2/c1-13-2-6-18-15(10-13)5-7-19(25-18)20(24)21-9-8-14-3-4-16-12-22-23-17(16)11-14/h2-4,6,10-12,19H,5,7-9H2,1H3,(H,21,24)(H,22,23). The molecule has 1 aliphatic heterocycles. The van der Waals surface area contributed by atoms with E-state index in [2.05, 4.69) is 40.6 Å². The van der Waals surface area contributed by atoms with Crippen LogP contribution in [0.5, 0.6) is 5.75 Å². The third kappa shape index (κ3) is 3.36. The molecule has 2 aromatic carbocycles. The van der Waals surface area contributed by atoms with Gasteiger partial charge < -0.3 is 10.1 Å². The number of H-pyrrole nitrogens is 1. The molecule has 0 saturated heterocycles. The molecule has 3 aromatic rings. The molecule has 2 N–H and O–H groups in total. The lowest BCUT2D eigenvalue weighted by atomic mass is 10.00. The van der Waals surface area contributed by atoms with Gasteiger partial charge in [0.05, 0.1) is 11.7 Å². The van der Waals surface area contributed by atoms with E-state index in [1.165, 1.54) is 16.7 Å². The Kier molecular flexibility index (Phi) is 4.14. The van der Waals surface area contributed by atoms with Crippen LogP contribution in [0.1, 0.15) is 23.1 Å². The zero-order chi connectivity index (χ0) is 17.2. The van der Waals surface area contributed by atoms with E-state index in [1.807, 2.05) is 18.2 Å². The van der Waals surface area contributed by atoms with Crippen LogP contribution in [0, 0.1) is 6.92 Å². The summed E-state index contributed by atoms with van der Waals surface area (Å²) in [7, 11) is 0. The van der Waals surface area contributed by atoms with Crippen molar-refractivity contribution < 1.29 is 9.53 Å². The normalized spacial score (nSPS) is 16.3. The highest BCUT2D eigenvalue weighted by Crippen LogP contribution is 2.28. The molecule has 5 heteroatoms. The Labute approximate surface area is 146 Å². The van der Waals surface area contributed by atoms with Crippen LogP contribution in [0.15, 0.2) is 42.6 Å². The third-order valence-corrected chi connectivity index (χ3v) is 4.67. The van der Waals surface area contributed by atoms with Crippen LogP contribution in [-0.2, 0) is 17.6 Å². The van der Waals surface area contributed by atoms with Gasteiger partial charge in [-0.05, 0) is 49.4 Å². The molecule has 1 amide bonds. The molecule has 0 spiro atoms. The topological polar surface area (TPSA) is 67.0 Å². The highest BCUT2D eigenvalue weighted by Gasteiger charge is 2.25. The van der Waals surface area contributed by atoms with Crippen LogP contribution in [-0.4, -0.2) is 28.8 Å². The van der Waals surface area contributed by atoms with Crippen LogP contribution >= 0.6 is 0 Å². The SMILES string of the molecule is Cc1ccc2c(c1)CCC(C(=O)NCCc1ccc3cn[nH]c3c1)O2. The number of carbonyl (C=O) groups excluding carboxylic acids is 1. The summed E-state index contributed by atoms with van der Waals surface area (Å²) in [5.41, 5.74) is 4.60. The summed E-state index contributed by atoms with van der Waals surface area (Å²) in [6.07, 6.45) is 3.79. The lowest BCUT2D eigenvalue weighted by molar-refractivity contribution is -0.128. The first kappa shape index (κ1) is 15.7. The van der Waals surface area contributed by atoms with Gasteiger partial charge in [0.15, 0.2) is 6.10 Å². The smallest absolute Gasteiger partial charge is 0.261 e. The molecule has 128 valence electrons. The second-order valence-corrected chi connectivity index (χ2v) is 6.59.